The molecule has 1 aliphatic heterocycles. The molecule has 2 aromatic rings. The summed E-state index contributed by atoms with van der Waals surface area (Å²) >= 11 is 0. The second kappa shape index (κ2) is 5.26. The van der Waals surface area contributed by atoms with Crippen molar-refractivity contribution in [2.45, 2.75) is 12.0 Å². The summed E-state index contributed by atoms with van der Waals surface area (Å²) in [6, 6.07) is 20.3. The average Bonchev–Trinajstić information content (AvgIpc) is 2.96. The number of quaternary nitrogens is 1. The third-order valence-corrected chi connectivity index (χ3v) is 3.90. The highest BCUT2D eigenvalue weighted by Crippen LogP contribution is 2.41. The summed E-state index contributed by atoms with van der Waals surface area (Å²) in [4.78, 5) is 0. The van der Waals surface area contributed by atoms with Crippen LogP contribution in [-0.2, 0) is 15.3 Å². The van der Waals surface area contributed by atoms with Gasteiger partial charge in [0, 0.05) is 11.1 Å². The molecule has 0 bridgehead atoms. The molecule has 0 spiro atoms. The van der Waals surface area contributed by atoms with Crippen molar-refractivity contribution in [2.75, 3.05) is 27.7 Å². The molecule has 3 heteroatoms. The number of rotatable bonds is 3. The largest absolute Gasteiger partial charge is 0.333 e. The summed E-state index contributed by atoms with van der Waals surface area (Å²) in [5.74, 6) is -0.807. The van der Waals surface area contributed by atoms with Crippen LogP contribution in [0.4, 0.5) is 0 Å². The Labute approximate surface area is 126 Å². The Balaban J connectivity index is 2.06. The van der Waals surface area contributed by atoms with E-state index in [1.807, 2.05) is 36.4 Å². The first-order valence-electron chi connectivity index (χ1n) is 7.26. The molecule has 0 saturated carbocycles. The minimum absolute atomic E-state index is 0.00501. The predicted octanol–water partition coefficient (Wildman–Crippen LogP) is 2.97. The molecule has 0 amide bonds. The van der Waals surface area contributed by atoms with Gasteiger partial charge in [-0.15, -0.1) is 0 Å². The molecule has 1 fully saturated rings. The van der Waals surface area contributed by atoms with Gasteiger partial charge in [0.2, 0.25) is 12.0 Å². The van der Waals surface area contributed by atoms with Crippen LogP contribution < -0.4 is 0 Å². The SMILES string of the molecule is C[N+](C)(C)C1COC(c2ccccc2)(c2ccccc2)O1. The lowest BCUT2D eigenvalue weighted by Crippen LogP contribution is -2.47. The van der Waals surface area contributed by atoms with Gasteiger partial charge in [-0.05, 0) is 0 Å². The van der Waals surface area contributed by atoms with E-state index in [-0.39, 0.29) is 6.23 Å². The van der Waals surface area contributed by atoms with E-state index in [1.54, 1.807) is 0 Å². The van der Waals surface area contributed by atoms with Crippen molar-refractivity contribution in [2.24, 2.45) is 0 Å². The molecule has 0 aliphatic carbocycles. The minimum atomic E-state index is -0.807. The third kappa shape index (κ3) is 2.60. The van der Waals surface area contributed by atoms with E-state index >= 15 is 0 Å². The maximum absolute atomic E-state index is 6.44. The monoisotopic (exact) mass is 284 g/mol. The lowest BCUT2D eigenvalue weighted by atomic mass is 9.97. The van der Waals surface area contributed by atoms with E-state index in [1.165, 1.54) is 0 Å². The summed E-state index contributed by atoms with van der Waals surface area (Å²) in [6.07, 6.45) is 0.00501. The smallest absolute Gasteiger partial charge is 0.228 e. The molecule has 0 aromatic heterocycles. The molecule has 0 N–H and O–H groups in total. The first-order valence-corrected chi connectivity index (χ1v) is 7.26. The van der Waals surface area contributed by atoms with Crippen LogP contribution in [0.1, 0.15) is 11.1 Å². The van der Waals surface area contributed by atoms with Crippen LogP contribution in [0.15, 0.2) is 60.7 Å². The molecule has 21 heavy (non-hydrogen) atoms. The van der Waals surface area contributed by atoms with E-state index in [9.17, 15) is 0 Å². The second-order valence-electron chi connectivity index (χ2n) is 6.35. The fourth-order valence-corrected chi connectivity index (χ4v) is 2.61. The topological polar surface area (TPSA) is 18.5 Å². The van der Waals surface area contributed by atoms with Crippen LogP contribution in [0, 0.1) is 0 Å². The molecule has 3 rings (SSSR count). The standard InChI is InChI=1S/C18H22NO2/c1-19(2,3)17-14-20-18(21-17,15-10-6-4-7-11-15)16-12-8-5-9-13-16/h4-13,17H,14H2,1-3H3/q+1. The predicted molar refractivity (Wildman–Crippen MR) is 82.5 cm³/mol. The zero-order valence-electron chi connectivity index (χ0n) is 12.8. The Morgan fingerprint density at radius 2 is 1.33 bits per heavy atom. The summed E-state index contributed by atoms with van der Waals surface area (Å²) in [5.41, 5.74) is 2.07. The van der Waals surface area contributed by atoms with Gasteiger partial charge in [-0.2, -0.15) is 0 Å². The van der Waals surface area contributed by atoms with E-state index < -0.39 is 5.79 Å². The number of benzene rings is 2. The van der Waals surface area contributed by atoms with Crippen molar-refractivity contribution in [1.29, 1.82) is 0 Å². The molecule has 2 aromatic carbocycles. The normalized spacial score (nSPS) is 21.4. The van der Waals surface area contributed by atoms with Crippen molar-refractivity contribution < 1.29 is 14.0 Å². The van der Waals surface area contributed by atoms with Crippen molar-refractivity contribution in [3.8, 4) is 0 Å². The quantitative estimate of drug-likeness (QED) is 0.807. The first kappa shape index (κ1) is 14.3. The fourth-order valence-electron chi connectivity index (χ4n) is 2.61. The maximum atomic E-state index is 6.44. The Morgan fingerprint density at radius 1 is 0.857 bits per heavy atom. The molecule has 1 unspecified atom stereocenters. The number of nitrogens with zero attached hydrogens (tertiary/aromatic N) is 1. The minimum Gasteiger partial charge on any atom is -0.333 e. The van der Waals surface area contributed by atoms with Crippen LogP contribution in [0.25, 0.3) is 0 Å². The Kier molecular flexibility index (Phi) is 3.57. The summed E-state index contributed by atoms with van der Waals surface area (Å²) in [7, 11) is 6.38. The van der Waals surface area contributed by atoms with Gasteiger partial charge in [-0.1, -0.05) is 60.7 Å². The van der Waals surface area contributed by atoms with E-state index in [4.69, 9.17) is 9.47 Å². The summed E-state index contributed by atoms with van der Waals surface area (Å²) in [6.45, 7) is 0.577. The molecule has 1 atom stereocenters. The van der Waals surface area contributed by atoms with Crippen molar-refractivity contribution in [3.05, 3.63) is 71.8 Å². The number of hydrogen-bond donors (Lipinski definition) is 0. The lowest BCUT2D eigenvalue weighted by Gasteiger charge is -2.33. The van der Waals surface area contributed by atoms with Crippen molar-refractivity contribution in [1.82, 2.24) is 0 Å². The summed E-state index contributed by atoms with van der Waals surface area (Å²) < 4.78 is 13.4. The number of likely N-dealkylation sites (N-methyl/N-ethyl adjacent to an activating group) is 1. The van der Waals surface area contributed by atoms with Gasteiger partial charge >= 0.3 is 0 Å². The van der Waals surface area contributed by atoms with Crippen molar-refractivity contribution in [3.63, 3.8) is 0 Å². The first-order chi connectivity index (χ1) is 10.0. The Morgan fingerprint density at radius 3 is 1.71 bits per heavy atom. The maximum Gasteiger partial charge on any atom is 0.228 e. The highest BCUT2D eigenvalue weighted by atomic mass is 16.8. The molecule has 1 aliphatic rings. The molecule has 0 radical (unpaired) electrons. The van der Waals surface area contributed by atoms with Crippen LogP contribution in [0.2, 0.25) is 0 Å². The fraction of sp³-hybridized carbons (Fsp3) is 0.333. The summed E-state index contributed by atoms with van der Waals surface area (Å²) in [5, 5.41) is 0. The molecule has 3 nitrogen and oxygen atoms in total. The van der Waals surface area contributed by atoms with Crippen LogP contribution in [0.5, 0.6) is 0 Å². The van der Waals surface area contributed by atoms with Gasteiger partial charge in [0.05, 0.1) is 21.1 Å². The van der Waals surface area contributed by atoms with Gasteiger partial charge in [-0.3, -0.25) is 4.74 Å². The van der Waals surface area contributed by atoms with Crippen molar-refractivity contribution >= 4 is 0 Å². The number of ether oxygens (including phenoxy) is 2. The molecular weight excluding hydrogens is 262 g/mol. The molecule has 1 saturated heterocycles. The van der Waals surface area contributed by atoms with E-state index in [0.29, 0.717) is 11.1 Å². The zero-order valence-corrected chi connectivity index (χ0v) is 12.8. The van der Waals surface area contributed by atoms with E-state index in [2.05, 4.69) is 45.4 Å². The van der Waals surface area contributed by atoms with Gasteiger partial charge in [0.25, 0.3) is 0 Å². The van der Waals surface area contributed by atoms with Gasteiger partial charge in [0.15, 0.2) is 0 Å². The Bertz CT molecular complexity index is 550. The van der Waals surface area contributed by atoms with Crippen LogP contribution in [-0.4, -0.2) is 38.5 Å². The number of hydrogen-bond acceptors (Lipinski definition) is 2. The third-order valence-electron chi connectivity index (χ3n) is 3.90. The molecular formula is C18H22NO2+. The van der Waals surface area contributed by atoms with Crippen LogP contribution in [0.3, 0.4) is 0 Å². The molecule has 110 valence electrons. The molecule has 1 heterocycles. The zero-order chi connectivity index (χ0) is 14.9. The average molecular weight is 284 g/mol. The highest BCUT2D eigenvalue weighted by molar-refractivity contribution is 5.34. The van der Waals surface area contributed by atoms with E-state index in [0.717, 1.165) is 11.1 Å². The van der Waals surface area contributed by atoms with Gasteiger partial charge < -0.3 is 9.22 Å². The van der Waals surface area contributed by atoms with Gasteiger partial charge in [-0.25, -0.2) is 0 Å². The van der Waals surface area contributed by atoms with Gasteiger partial charge in [0.1, 0.15) is 6.61 Å². The Hall–Kier alpha value is -1.68. The second-order valence-corrected chi connectivity index (χ2v) is 6.35. The van der Waals surface area contributed by atoms with Crippen LogP contribution >= 0.6 is 0 Å². The highest BCUT2D eigenvalue weighted by Gasteiger charge is 2.49. The lowest BCUT2D eigenvalue weighted by molar-refractivity contribution is -0.917.